The Bertz CT molecular complexity index is 1020. The van der Waals surface area contributed by atoms with E-state index in [4.69, 9.17) is 26.2 Å². The van der Waals surface area contributed by atoms with Crippen LogP contribution in [0.25, 0.3) is 0 Å². The Kier molecular flexibility index (Phi) is 6.49. The number of nitrogens with zero attached hydrogens (tertiary/aromatic N) is 1. The number of aliphatic hydroxyl groups excluding tert-OH is 2. The minimum atomic E-state index is -0.833. The van der Waals surface area contributed by atoms with Crippen LogP contribution < -0.4 is 4.74 Å². The maximum Gasteiger partial charge on any atom is 0.300 e. The molecule has 0 radical (unpaired) electrons. The summed E-state index contributed by atoms with van der Waals surface area (Å²) in [5.41, 5.74) is 3.15. The minimum Gasteiger partial charge on any atom is -0.492 e. The molecule has 178 valence electrons. The molecule has 1 saturated carbocycles. The lowest BCUT2D eigenvalue weighted by atomic mass is 9.86. The fourth-order valence-electron chi connectivity index (χ4n) is 5.79. The van der Waals surface area contributed by atoms with Crippen LogP contribution in [-0.2, 0) is 16.8 Å². The van der Waals surface area contributed by atoms with Gasteiger partial charge in [0.25, 0.3) is 5.97 Å². The van der Waals surface area contributed by atoms with Crippen molar-refractivity contribution in [3.8, 4) is 5.75 Å². The number of carbonyl (C=O) groups is 1. The first-order chi connectivity index (χ1) is 15.6. The molecule has 2 aromatic carbocycles. The molecule has 6 nitrogen and oxygen atoms in total. The number of hydrogen-bond donors (Lipinski definition) is 3. The molecule has 3 N–H and O–H groups in total. The molecular weight excluding hydrogens is 442 g/mol. The second-order valence-electron chi connectivity index (χ2n) is 10.1. The number of aliphatic hydroxyl groups is 2. The monoisotopic (exact) mass is 473 g/mol. The van der Waals surface area contributed by atoms with Crippen molar-refractivity contribution in [1.82, 2.24) is 4.90 Å². The maximum atomic E-state index is 11.0. The lowest BCUT2D eigenvalue weighted by molar-refractivity contribution is -0.134. The number of aliphatic carboxylic acids is 1. The Balaban J connectivity index is 0.000000601. The van der Waals surface area contributed by atoms with E-state index in [1.54, 1.807) is 0 Å². The highest BCUT2D eigenvalue weighted by Crippen LogP contribution is 2.68. The van der Waals surface area contributed by atoms with Crippen molar-refractivity contribution in [1.29, 1.82) is 0 Å². The van der Waals surface area contributed by atoms with Crippen LogP contribution in [0.3, 0.4) is 0 Å². The van der Waals surface area contributed by atoms with Gasteiger partial charge in [0.05, 0.1) is 12.7 Å². The molecule has 2 heterocycles. The maximum absolute atomic E-state index is 11.0. The van der Waals surface area contributed by atoms with E-state index in [9.17, 15) is 10.2 Å². The Hall–Kier alpha value is -2.12. The molecule has 0 bridgehead atoms. The van der Waals surface area contributed by atoms with Gasteiger partial charge in [-0.15, -0.1) is 0 Å². The number of rotatable bonds is 4. The first-order valence-corrected chi connectivity index (χ1v) is 11.7. The third-order valence-electron chi connectivity index (χ3n) is 7.30. The third kappa shape index (κ3) is 4.37. The second-order valence-corrected chi connectivity index (χ2v) is 10.5. The fourth-order valence-corrected chi connectivity index (χ4v) is 6.03. The van der Waals surface area contributed by atoms with Crippen molar-refractivity contribution in [2.24, 2.45) is 11.3 Å². The summed E-state index contributed by atoms with van der Waals surface area (Å²) in [6.07, 6.45) is -0.450. The molecule has 5 rings (SSSR count). The molecule has 3 aliphatic rings. The molecule has 0 unspecified atom stereocenters. The van der Waals surface area contributed by atoms with Gasteiger partial charge < -0.3 is 20.1 Å². The summed E-state index contributed by atoms with van der Waals surface area (Å²) >= 11 is 6.43. The van der Waals surface area contributed by atoms with Gasteiger partial charge in [-0.05, 0) is 29.5 Å². The van der Waals surface area contributed by atoms with Crippen LogP contribution in [0.2, 0.25) is 5.02 Å². The molecule has 2 aliphatic heterocycles. The Labute approximate surface area is 199 Å². The predicted octanol–water partition coefficient (Wildman–Crippen LogP) is 3.67. The van der Waals surface area contributed by atoms with E-state index in [0.717, 1.165) is 35.4 Å². The Morgan fingerprint density at radius 1 is 1.24 bits per heavy atom. The smallest absolute Gasteiger partial charge is 0.300 e. The van der Waals surface area contributed by atoms with E-state index in [1.807, 2.05) is 30.3 Å². The van der Waals surface area contributed by atoms with Crippen molar-refractivity contribution in [2.75, 3.05) is 26.3 Å². The molecule has 7 heteroatoms. The number of carboxylic acid groups (broad SMARTS) is 1. The summed E-state index contributed by atoms with van der Waals surface area (Å²) in [6.45, 7) is 8.26. The van der Waals surface area contributed by atoms with Gasteiger partial charge in [0.15, 0.2) is 0 Å². The van der Waals surface area contributed by atoms with Gasteiger partial charge in [-0.2, -0.15) is 0 Å². The van der Waals surface area contributed by atoms with Gasteiger partial charge in [-0.1, -0.05) is 55.8 Å². The standard InChI is InChI=1S/C24H28ClNO3.C2H4O2/c1-23(2)14-29-22-16(8-17(25)9-18(22)23)10-26-11-20(28)24(13-26)19(12-27)21(24)15-6-4-3-5-7-15;1-2(3)4/h3-9,19-21,27-28H,10-14H2,1-2H3;1H3,(H,3,4)/t19-,20+,21-,24-;/m1./s1. The summed E-state index contributed by atoms with van der Waals surface area (Å²) in [5, 5.41) is 29.2. The second kappa shape index (κ2) is 8.91. The number of halogens is 1. The molecule has 4 atom stereocenters. The largest absolute Gasteiger partial charge is 0.492 e. The highest BCUT2D eigenvalue weighted by Gasteiger charge is 2.70. The van der Waals surface area contributed by atoms with E-state index in [1.165, 1.54) is 5.56 Å². The summed E-state index contributed by atoms with van der Waals surface area (Å²) in [7, 11) is 0. The van der Waals surface area contributed by atoms with Crippen LogP contribution in [0.1, 0.15) is 43.4 Å². The lowest BCUT2D eigenvalue weighted by Gasteiger charge is -2.19. The van der Waals surface area contributed by atoms with Crippen molar-refractivity contribution in [2.45, 2.75) is 44.8 Å². The number of β-amino-alcohol motifs (C(OH)–C–C–N with tert-alkyl or cyclic N) is 1. The fraction of sp³-hybridized carbons (Fsp3) is 0.500. The quantitative estimate of drug-likeness (QED) is 0.627. The molecule has 1 saturated heterocycles. The number of benzene rings is 2. The molecule has 1 aliphatic carbocycles. The molecule has 0 amide bonds. The molecule has 2 fully saturated rings. The molecule has 33 heavy (non-hydrogen) atoms. The van der Waals surface area contributed by atoms with Gasteiger partial charge in [-0.25, -0.2) is 0 Å². The van der Waals surface area contributed by atoms with Gasteiger partial charge >= 0.3 is 0 Å². The van der Waals surface area contributed by atoms with Crippen molar-refractivity contribution in [3.05, 3.63) is 64.2 Å². The van der Waals surface area contributed by atoms with Crippen LogP contribution in [0.5, 0.6) is 5.75 Å². The highest BCUT2D eigenvalue weighted by molar-refractivity contribution is 6.30. The van der Waals surface area contributed by atoms with E-state index in [2.05, 4.69) is 30.9 Å². The average Bonchev–Trinajstić information content (AvgIpc) is 3.14. The van der Waals surface area contributed by atoms with E-state index >= 15 is 0 Å². The van der Waals surface area contributed by atoms with Crippen LogP contribution in [0.15, 0.2) is 42.5 Å². The molecule has 1 spiro atoms. The van der Waals surface area contributed by atoms with Crippen LogP contribution in [0, 0.1) is 11.3 Å². The molecule has 2 aromatic rings. The van der Waals surface area contributed by atoms with Crippen LogP contribution in [-0.4, -0.2) is 58.6 Å². The lowest BCUT2D eigenvalue weighted by Crippen LogP contribution is -2.23. The molecule has 0 aromatic heterocycles. The topological polar surface area (TPSA) is 90.2 Å². The predicted molar refractivity (Wildman–Crippen MR) is 127 cm³/mol. The van der Waals surface area contributed by atoms with Gasteiger partial charge in [-0.3, -0.25) is 9.69 Å². The normalized spacial score (nSPS) is 29.2. The Morgan fingerprint density at radius 3 is 2.55 bits per heavy atom. The summed E-state index contributed by atoms with van der Waals surface area (Å²) < 4.78 is 6.05. The minimum absolute atomic E-state index is 0.0440. The van der Waals surface area contributed by atoms with Gasteiger partial charge in [0, 0.05) is 60.1 Å². The van der Waals surface area contributed by atoms with E-state index in [-0.39, 0.29) is 29.3 Å². The van der Waals surface area contributed by atoms with Gasteiger partial charge in [0.2, 0.25) is 0 Å². The summed E-state index contributed by atoms with van der Waals surface area (Å²) in [4.78, 5) is 11.3. The summed E-state index contributed by atoms with van der Waals surface area (Å²) in [5.74, 6) is 0.420. The Morgan fingerprint density at radius 2 is 1.91 bits per heavy atom. The summed E-state index contributed by atoms with van der Waals surface area (Å²) in [6, 6.07) is 14.3. The third-order valence-corrected chi connectivity index (χ3v) is 7.52. The number of ether oxygens (including phenoxy) is 1. The van der Waals surface area contributed by atoms with E-state index < -0.39 is 12.1 Å². The van der Waals surface area contributed by atoms with Crippen LogP contribution in [0.4, 0.5) is 0 Å². The SMILES string of the molecule is CC(=O)O.CC1(C)COc2c(CN3C[C@H](O)[C@@]4(C3)[C@H](CO)[C@H]4c3ccccc3)cc(Cl)cc21. The van der Waals surface area contributed by atoms with Crippen molar-refractivity contribution >= 4 is 17.6 Å². The average molecular weight is 474 g/mol. The first-order valence-electron chi connectivity index (χ1n) is 11.3. The first kappa shape index (κ1) is 24.0. The van der Waals surface area contributed by atoms with Crippen LogP contribution >= 0.6 is 11.6 Å². The van der Waals surface area contributed by atoms with Gasteiger partial charge in [0.1, 0.15) is 5.75 Å². The van der Waals surface area contributed by atoms with Crippen molar-refractivity contribution in [3.63, 3.8) is 0 Å². The van der Waals surface area contributed by atoms with E-state index in [0.29, 0.717) is 19.7 Å². The number of fused-ring (bicyclic) bond motifs is 1. The zero-order chi connectivity index (χ0) is 24.0. The number of hydrogen-bond acceptors (Lipinski definition) is 5. The molecular formula is C26H32ClNO5. The number of carboxylic acids is 1. The zero-order valence-electron chi connectivity index (χ0n) is 19.3. The zero-order valence-corrected chi connectivity index (χ0v) is 20.0. The number of likely N-dealkylation sites (tertiary alicyclic amines) is 1. The van der Waals surface area contributed by atoms with Crippen molar-refractivity contribution < 1.29 is 24.9 Å². The highest BCUT2D eigenvalue weighted by atomic mass is 35.5.